The first-order chi connectivity index (χ1) is 15.8. The van der Waals surface area contributed by atoms with E-state index in [9.17, 15) is 18.7 Å². The lowest BCUT2D eigenvalue weighted by atomic mass is 10.1. The third-order valence-electron chi connectivity index (χ3n) is 5.62. The second kappa shape index (κ2) is 7.89. The van der Waals surface area contributed by atoms with Crippen LogP contribution >= 0.6 is 0 Å². The number of nitrogens with two attached hydrogens (primary N) is 1. The predicted octanol–water partition coefficient (Wildman–Crippen LogP) is 3.53. The van der Waals surface area contributed by atoms with E-state index in [0.29, 0.717) is 29.0 Å². The highest BCUT2D eigenvalue weighted by atomic mass is 19.1. The highest BCUT2D eigenvalue weighted by Crippen LogP contribution is 2.43. The van der Waals surface area contributed by atoms with Gasteiger partial charge in [0, 0.05) is 17.7 Å². The third kappa shape index (κ3) is 3.89. The summed E-state index contributed by atoms with van der Waals surface area (Å²) in [5, 5.41) is 17.5. The zero-order chi connectivity index (χ0) is 23.3. The summed E-state index contributed by atoms with van der Waals surface area (Å²) < 4.78 is 28.6. The monoisotopic (exact) mass is 450 g/mol. The first-order valence-electron chi connectivity index (χ1n) is 10.4. The van der Waals surface area contributed by atoms with Gasteiger partial charge in [0.25, 0.3) is 5.91 Å². The van der Waals surface area contributed by atoms with Gasteiger partial charge in [0.05, 0.1) is 11.4 Å². The number of aliphatic hydroxyl groups is 1. The van der Waals surface area contributed by atoms with Crippen molar-refractivity contribution in [2.24, 2.45) is 0 Å². The van der Waals surface area contributed by atoms with Crippen LogP contribution in [0.4, 0.5) is 20.3 Å². The molecule has 1 saturated carbocycles. The number of nitrogens with one attached hydrogen (secondary N) is 1. The van der Waals surface area contributed by atoms with Crippen LogP contribution in [0.5, 0.6) is 0 Å². The van der Waals surface area contributed by atoms with E-state index in [0.717, 1.165) is 47.4 Å². The number of amides is 1. The van der Waals surface area contributed by atoms with Gasteiger partial charge in [0.2, 0.25) is 0 Å². The van der Waals surface area contributed by atoms with Crippen molar-refractivity contribution in [2.75, 3.05) is 11.1 Å². The van der Waals surface area contributed by atoms with E-state index in [1.165, 1.54) is 6.33 Å². The summed E-state index contributed by atoms with van der Waals surface area (Å²) >= 11 is 0. The summed E-state index contributed by atoms with van der Waals surface area (Å²) in [7, 11) is 0. The molecule has 1 amide bonds. The van der Waals surface area contributed by atoms with Crippen molar-refractivity contribution in [3.63, 3.8) is 0 Å². The molecule has 33 heavy (non-hydrogen) atoms. The fourth-order valence-corrected chi connectivity index (χ4v) is 3.87. The van der Waals surface area contributed by atoms with Crippen LogP contribution in [-0.2, 0) is 4.79 Å². The van der Waals surface area contributed by atoms with Gasteiger partial charge in [-0.1, -0.05) is 0 Å². The van der Waals surface area contributed by atoms with Crippen LogP contribution < -0.4 is 11.1 Å². The Morgan fingerprint density at radius 3 is 2.58 bits per heavy atom. The number of aromatic nitrogens is 4. The summed E-state index contributed by atoms with van der Waals surface area (Å²) in [6.07, 6.45) is 1.80. The molecule has 0 bridgehead atoms. The predicted molar refractivity (Wildman–Crippen MR) is 118 cm³/mol. The van der Waals surface area contributed by atoms with Crippen molar-refractivity contribution in [2.45, 2.75) is 31.8 Å². The minimum Gasteiger partial charge on any atom is -0.382 e. The van der Waals surface area contributed by atoms with E-state index in [1.54, 1.807) is 22.9 Å². The molecule has 2 heterocycles. The van der Waals surface area contributed by atoms with Crippen LogP contribution in [0.25, 0.3) is 16.7 Å². The van der Waals surface area contributed by atoms with Crippen LogP contribution in [0.3, 0.4) is 0 Å². The summed E-state index contributed by atoms with van der Waals surface area (Å²) in [5.41, 5.74) is 10.1. The molecule has 1 atom stereocenters. The molecular weight excluding hydrogens is 430 g/mol. The van der Waals surface area contributed by atoms with Crippen molar-refractivity contribution in [3.8, 4) is 5.69 Å². The summed E-state index contributed by atoms with van der Waals surface area (Å²) in [5.74, 6) is -1.89. The van der Waals surface area contributed by atoms with Crippen LogP contribution in [0.1, 0.15) is 41.7 Å². The standard InChI is InChI=1S/C23H20F2N6O2/c1-11-6-16(29-23(33)21(32)13-7-14(24)9-15(25)8-13)4-5-17(11)31-20-19(27-10-28-22(20)26)18(30-31)12-2-3-12/h4-10,12,21,32H,2-3H2,1H3,(H,29,33)(H2,26,27,28)/t21-/m1/s1. The number of aliphatic hydroxyl groups excluding tert-OH is 1. The molecule has 1 fully saturated rings. The molecule has 4 aromatic rings. The molecule has 0 saturated heterocycles. The lowest BCUT2D eigenvalue weighted by molar-refractivity contribution is -0.124. The smallest absolute Gasteiger partial charge is 0.257 e. The number of carbonyl (C=O) groups excluding carboxylic acids is 1. The zero-order valence-corrected chi connectivity index (χ0v) is 17.6. The second-order valence-corrected chi connectivity index (χ2v) is 8.12. The highest BCUT2D eigenvalue weighted by Gasteiger charge is 2.31. The number of benzene rings is 2. The van der Waals surface area contributed by atoms with Gasteiger partial charge in [0.15, 0.2) is 11.9 Å². The number of nitrogens with zero attached hydrogens (tertiary/aromatic N) is 4. The Morgan fingerprint density at radius 1 is 1.18 bits per heavy atom. The Kier molecular flexibility index (Phi) is 5.01. The van der Waals surface area contributed by atoms with Gasteiger partial charge < -0.3 is 16.2 Å². The highest BCUT2D eigenvalue weighted by molar-refractivity contribution is 5.95. The Labute approximate surface area is 187 Å². The van der Waals surface area contributed by atoms with Gasteiger partial charge in [-0.2, -0.15) is 5.10 Å². The number of carbonyl (C=O) groups is 1. The molecule has 4 N–H and O–H groups in total. The SMILES string of the molecule is Cc1cc(NC(=O)[C@H](O)c2cc(F)cc(F)c2)ccc1-n1nc(C2CC2)c2ncnc(N)c21. The van der Waals surface area contributed by atoms with Crippen LogP contribution in [0, 0.1) is 18.6 Å². The maximum Gasteiger partial charge on any atom is 0.257 e. The molecule has 2 aromatic carbocycles. The quantitative estimate of drug-likeness (QED) is 0.428. The molecule has 1 aliphatic rings. The van der Waals surface area contributed by atoms with E-state index in [2.05, 4.69) is 15.3 Å². The molecule has 0 aliphatic heterocycles. The number of anilines is 2. The molecule has 10 heteroatoms. The van der Waals surface area contributed by atoms with Crippen LogP contribution in [-0.4, -0.2) is 30.8 Å². The molecule has 168 valence electrons. The second-order valence-electron chi connectivity index (χ2n) is 8.12. The molecule has 0 radical (unpaired) electrons. The Balaban J connectivity index is 1.44. The normalized spacial score (nSPS) is 14.4. The summed E-state index contributed by atoms with van der Waals surface area (Å²) in [4.78, 5) is 20.9. The topological polar surface area (TPSA) is 119 Å². The minimum absolute atomic E-state index is 0.176. The van der Waals surface area contributed by atoms with Gasteiger partial charge in [-0.3, -0.25) is 4.79 Å². The molecular formula is C23H20F2N6O2. The zero-order valence-electron chi connectivity index (χ0n) is 17.6. The molecule has 2 aromatic heterocycles. The molecule has 5 rings (SSSR count). The van der Waals surface area contributed by atoms with Crippen molar-refractivity contribution in [1.82, 2.24) is 19.7 Å². The number of hydrogen-bond donors (Lipinski definition) is 3. The van der Waals surface area contributed by atoms with E-state index in [4.69, 9.17) is 10.8 Å². The molecule has 8 nitrogen and oxygen atoms in total. The van der Waals surface area contributed by atoms with Crippen molar-refractivity contribution < 1.29 is 18.7 Å². The van der Waals surface area contributed by atoms with Gasteiger partial charge in [-0.05, 0) is 61.2 Å². The first-order valence-corrected chi connectivity index (χ1v) is 10.4. The summed E-state index contributed by atoms with van der Waals surface area (Å²) in [6.45, 7) is 1.84. The lowest BCUT2D eigenvalue weighted by Crippen LogP contribution is -2.21. The lowest BCUT2D eigenvalue weighted by Gasteiger charge is -2.14. The van der Waals surface area contributed by atoms with Gasteiger partial charge in [-0.25, -0.2) is 23.4 Å². The fourth-order valence-electron chi connectivity index (χ4n) is 3.87. The van der Waals surface area contributed by atoms with E-state index >= 15 is 0 Å². The number of hydrogen-bond acceptors (Lipinski definition) is 6. The van der Waals surface area contributed by atoms with E-state index < -0.39 is 23.6 Å². The maximum atomic E-state index is 13.4. The first kappa shape index (κ1) is 21.0. The summed E-state index contributed by atoms with van der Waals surface area (Å²) in [6, 6.07) is 7.60. The number of nitrogen functional groups attached to an aromatic ring is 1. The van der Waals surface area contributed by atoms with Crippen molar-refractivity contribution in [1.29, 1.82) is 0 Å². The third-order valence-corrected chi connectivity index (χ3v) is 5.62. The van der Waals surface area contributed by atoms with Crippen molar-refractivity contribution in [3.05, 3.63) is 71.2 Å². The minimum atomic E-state index is -1.73. The number of rotatable bonds is 5. The number of halogens is 2. The van der Waals surface area contributed by atoms with Gasteiger partial charge in [0.1, 0.15) is 29.0 Å². The average Bonchev–Trinajstić information content (AvgIpc) is 3.53. The van der Waals surface area contributed by atoms with Crippen LogP contribution in [0.15, 0.2) is 42.7 Å². The molecule has 0 unspecified atom stereocenters. The maximum absolute atomic E-state index is 13.4. The average molecular weight is 450 g/mol. The Morgan fingerprint density at radius 2 is 1.91 bits per heavy atom. The van der Waals surface area contributed by atoms with Gasteiger partial charge in [-0.15, -0.1) is 0 Å². The van der Waals surface area contributed by atoms with Crippen LogP contribution in [0.2, 0.25) is 0 Å². The molecule has 0 spiro atoms. The van der Waals surface area contributed by atoms with Gasteiger partial charge >= 0.3 is 0 Å². The van der Waals surface area contributed by atoms with E-state index in [1.807, 2.05) is 6.92 Å². The van der Waals surface area contributed by atoms with Crippen molar-refractivity contribution >= 4 is 28.4 Å². The fraction of sp³-hybridized carbons (Fsp3) is 0.217. The largest absolute Gasteiger partial charge is 0.382 e. The number of aryl methyl sites for hydroxylation is 1. The molecule has 1 aliphatic carbocycles. The Bertz CT molecular complexity index is 1380. The Hall–Kier alpha value is -3.92. The number of fused-ring (bicyclic) bond motifs is 1. The van der Waals surface area contributed by atoms with E-state index in [-0.39, 0.29) is 5.56 Å².